The molecule has 0 heterocycles. The standard InChI is InChI=1S/C11H11.3C2H5O.Hf/c1-2-6-10(5-1)9-11-7-3-4-8-11;3*1-2-3;/h1-11H;3*2H2,1H3;/q4*-1;+4. The molecule has 0 aromatic carbocycles. The maximum Gasteiger partial charge on any atom is 4.00 e. The summed E-state index contributed by atoms with van der Waals surface area (Å²) in [5.41, 5.74) is 0. The Morgan fingerprint density at radius 2 is 0.857 bits per heavy atom. The van der Waals surface area contributed by atoms with Crippen molar-refractivity contribution in [1.82, 2.24) is 0 Å². The summed E-state index contributed by atoms with van der Waals surface area (Å²) >= 11 is 0. The largest absolute Gasteiger partial charge is 4.00 e. The second kappa shape index (κ2) is 22.0. The Morgan fingerprint density at radius 1 is 0.667 bits per heavy atom. The first-order valence-electron chi connectivity index (χ1n) is 6.99. The van der Waals surface area contributed by atoms with Gasteiger partial charge in [-0.1, -0.05) is 45.1 Å². The van der Waals surface area contributed by atoms with E-state index in [-0.39, 0.29) is 45.7 Å². The Kier molecular flexibility index (Phi) is 26.9. The Balaban J connectivity index is -0.000000276. The van der Waals surface area contributed by atoms with Crippen molar-refractivity contribution in [3.05, 3.63) is 55.0 Å². The van der Waals surface area contributed by atoms with Crippen LogP contribution in [0, 0.1) is 18.3 Å². The van der Waals surface area contributed by atoms with Crippen molar-refractivity contribution in [2.24, 2.45) is 11.8 Å². The van der Waals surface area contributed by atoms with Gasteiger partial charge in [0, 0.05) is 0 Å². The van der Waals surface area contributed by atoms with E-state index in [1.807, 2.05) is 0 Å². The van der Waals surface area contributed by atoms with E-state index in [1.165, 1.54) is 0 Å². The van der Waals surface area contributed by atoms with Crippen LogP contribution in [0.1, 0.15) is 20.8 Å². The smallest absolute Gasteiger partial charge is 0.855 e. The summed E-state index contributed by atoms with van der Waals surface area (Å²) in [7, 11) is 0. The molecule has 2 rings (SSSR count). The summed E-state index contributed by atoms with van der Waals surface area (Å²) in [6.45, 7) is 4.71. The fourth-order valence-electron chi connectivity index (χ4n) is 1.41. The summed E-state index contributed by atoms with van der Waals surface area (Å²) in [4.78, 5) is 0. The Hall–Kier alpha value is -0.290. The summed E-state index contributed by atoms with van der Waals surface area (Å²) in [5, 5.41) is 26.8. The van der Waals surface area contributed by atoms with E-state index in [9.17, 15) is 0 Å². The molecule has 0 amide bonds. The molecule has 3 nitrogen and oxygen atoms in total. The zero-order valence-corrected chi connectivity index (χ0v) is 16.8. The third-order valence-electron chi connectivity index (χ3n) is 2.00. The third-order valence-corrected chi connectivity index (χ3v) is 2.00. The van der Waals surface area contributed by atoms with Gasteiger partial charge in [-0.25, -0.2) is 0 Å². The second-order valence-corrected chi connectivity index (χ2v) is 3.75. The quantitative estimate of drug-likeness (QED) is 0.455. The van der Waals surface area contributed by atoms with E-state index in [0.717, 1.165) is 0 Å². The van der Waals surface area contributed by atoms with Gasteiger partial charge in [-0.15, -0.1) is 56.0 Å². The number of hydrogen-bond donors (Lipinski definition) is 0. The van der Waals surface area contributed by atoms with Crippen LogP contribution in [0.15, 0.2) is 48.6 Å². The molecule has 0 aromatic heterocycles. The van der Waals surface area contributed by atoms with Crippen LogP contribution in [-0.2, 0) is 25.8 Å². The van der Waals surface area contributed by atoms with Gasteiger partial charge in [0.2, 0.25) is 0 Å². The first-order chi connectivity index (χ1) is 9.69. The molecule has 21 heavy (non-hydrogen) atoms. The molecule has 2 aliphatic carbocycles. The van der Waals surface area contributed by atoms with Gasteiger partial charge in [-0.05, 0) is 0 Å². The molecule has 0 fully saturated rings. The number of hydrogen-bond acceptors (Lipinski definition) is 3. The minimum atomic E-state index is 0. The van der Waals surface area contributed by atoms with Crippen molar-refractivity contribution in [2.75, 3.05) is 19.8 Å². The van der Waals surface area contributed by atoms with Gasteiger partial charge in [0.05, 0.1) is 0 Å². The van der Waals surface area contributed by atoms with Crippen LogP contribution in [-0.4, -0.2) is 19.8 Å². The predicted molar refractivity (Wildman–Crippen MR) is 79.5 cm³/mol. The van der Waals surface area contributed by atoms with Crippen molar-refractivity contribution in [1.29, 1.82) is 0 Å². The molecule has 0 unspecified atom stereocenters. The Morgan fingerprint density at radius 3 is 1.05 bits per heavy atom. The third kappa shape index (κ3) is 19.7. The van der Waals surface area contributed by atoms with Crippen LogP contribution in [0.4, 0.5) is 0 Å². The van der Waals surface area contributed by atoms with Crippen LogP contribution in [0.3, 0.4) is 0 Å². The molecule has 0 bridgehead atoms. The molecule has 0 atom stereocenters. The molecule has 4 heteroatoms. The summed E-state index contributed by atoms with van der Waals surface area (Å²) in [6.07, 6.45) is 19.6. The monoisotopic (exact) mass is 458 g/mol. The Labute approximate surface area is 148 Å². The van der Waals surface area contributed by atoms with Crippen LogP contribution in [0.5, 0.6) is 0 Å². The van der Waals surface area contributed by atoms with Crippen molar-refractivity contribution in [2.45, 2.75) is 20.8 Å². The molecule has 0 saturated carbocycles. The molecule has 0 aromatic rings. The van der Waals surface area contributed by atoms with Crippen molar-refractivity contribution < 1.29 is 41.2 Å². The normalized spacial score (nSPS) is 14.4. The summed E-state index contributed by atoms with van der Waals surface area (Å²) in [6, 6.07) is 0. The fraction of sp³-hybridized carbons (Fsp3) is 0.471. The molecule has 0 N–H and O–H groups in total. The predicted octanol–water partition coefficient (Wildman–Crippen LogP) is 0.772. The van der Waals surface area contributed by atoms with Gasteiger partial charge in [0.1, 0.15) is 0 Å². The van der Waals surface area contributed by atoms with Gasteiger partial charge < -0.3 is 21.7 Å². The van der Waals surface area contributed by atoms with Crippen molar-refractivity contribution in [3.63, 3.8) is 0 Å². The molecule has 0 aliphatic heterocycles. The average Bonchev–Trinajstić information content (AvgIpc) is 3.06. The number of rotatable bonds is 2. The maximum absolute atomic E-state index is 8.93. The average molecular weight is 457 g/mol. The van der Waals surface area contributed by atoms with Crippen LogP contribution in [0.2, 0.25) is 0 Å². The molecule has 0 saturated heterocycles. The van der Waals surface area contributed by atoms with E-state index in [2.05, 4.69) is 55.0 Å². The molecule has 2 aliphatic rings. The summed E-state index contributed by atoms with van der Waals surface area (Å²) < 4.78 is 0. The van der Waals surface area contributed by atoms with Gasteiger partial charge in [0.15, 0.2) is 0 Å². The molecular formula is C17H26HfO3. The zero-order chi connectivity index (χ0) is 15.6. The minimum absolute atomic E-state index is 0. The van der Waals surface area contributed by atoms with Crippen molar-refractivity contribution >= 4 is 0 Å². The van der Waals surface area contributed by atoms with E-state index in [4.69, 9.17) is 15.3 Å². The molecule has 0 spiro atoms. The van der Waals surface area contributed by atoms with Crippen LogP contribution < -0.4 is 15.3 Å². The van der Waals surface area contributed by atoms with Crippen LogP contribution in [0.25, 0.3) is 0 Å². The molecule has 116 valence electrons. The first-order valence-corrected chi connectivity index (χ1v) is 6.99. The van der Waals surface area contributed by atoms with E-state index in [1.54, 1.807) is 20.8 Å². The minimum Gasteiger partial charge on any atom is -0.855 e. The van der Waals surface area contributed by atoms with Crippen molar-refractivity contribution in [3.8, 4) is 0 Å². The van der Waals surface area contributed by atoms with Gasteiger partial charge in [-0.2, -0.15) is 0 Å². The number of allylic oxidation sites excluding steroid dienone is 8. The summed E-state index contributed by atoms with van der Waals surface area (Å²) in [5.74, 6) is 1.10. The van der Waals surface area contributed by atoms with Gasteiger partial charge >= 0.3 is 25.8 Å². The SMILES string of the molecule is C1=CC([CH-]C2C=CC=C2)C=C1.CC[O-].CC[O-].CC[O-].[Hf+4]. The van der Waals surface area contributed by atoms with Gasteiger partial charge in [0.25, 0.3) is 0 Å². The Bertz CT molecular complexity index is 242. The molecule has 0 radical (unpaired) electrons. The second-order valence-electron chi connectivity index (χ2n) is 3.75. The van der Waals surface area contributed by atoms with E-state index in [0.29, 0.717) is 11.8 Å². The first kappa shape index (κ1) is 25.7. The topological polar surface area (TPSA) is 69.2 Å². The van der Waals surface area contributed by atoms with Crippen LogP contribution >= 0.6 is 0 Å². The molecular weight excluding hydrogens is 431 g/mol. The maximum atomic E-state index is 8.93. The van der Waals surface area contributed by atoms with E-state index < -0.39 is 0 Å². The zero-order valence-electron chi connectivity index (χ0n) is 13.2. The van der Waals surface area contributed by atoms with Gasteiger partial charge in [-0.3, -0.25) is 0 Å². The fourth-order valence-corrected chi connectivity index (χ4v) is 1.41. The van der Waals surface area contributed by atoms with E-state index >= 15 is 0 Å².